The number of anilines is 1. The summed E-state index contributed by atoms with van der Waals surface area (Å²) in [5.74, 6) is -0.0110. The average molecular weight is 288 g/mol. The summed E-state index contributed by atoms with van der Waals surface area (Å²) in [5.41, 5.74) is 1.98. The zero-order valence-electron chi connectivity index (χ0n) is 13.0. The third kappa shape index (κ3) is 3.84. The molecule has 0 radical (unpaired) electrons. The van der Waals surface area contributed by atoms with Gasteiger partial charge in [-0.15, -0.1) is 0 Å². The Morgan fingerprint density at radius 3 is 2.52 bits per heavy atom. The number of carbonyl (C=O) groups excluding carboxylic acids is 2. The van der Waals surface area contributed by atoms with Crippen LogP contribution in [0.5, 0.6) is 0 Å². The summed E-state index contributed by atoms with van der Waals surface area (Å²) in [6.45, 7) is 6.90. The molecule has 2 unspecified atom stereocenters. The second-order valence-electron chi connectivity index (χ2n) is 5.97. The normalized spacial score (nSPS) is 20.2. The number of amides is 2. The lowest BCUT2D eigenvalue weighted by atomic mass is 10.0. The summed E-state index contributed by atoms with van der Waals surface area (Å²) in [6.07, 6.45) is 1.57. The summed E-state index contributed by atoms with van der Waals surface area (Å²) in [7, 11) is 0. The predicted molar refractivity (Wildman–Crippen MR) is 84.1 cm³/mol. The quantitative estimate of drug-likeness (QED) is 0.845. The molecule has 0 bridgehead atoms. The van der Waals surface area contributed by atoms with E-state index in [0.29, 0.717) is 18.9 Å². The number of nitrogens with one attached hydrogen (secondary N) is 2. The van der Waals surface area contributed by atoms with Gasteiger partial charge in [-0.25, -0.2) is 0 Å². The van der Waals surface area contributed by atoms with E-state index in [1.54, 1.807) is 0 Å². The van der Waals surface area contributed by atoms with E-state index >= 15 is 0 Å². The van der Waals surface area contributed by atoms with Gasteiger partial charge in [-0.1, -0.05) is 39.0 Å². The Labute approximate surface area is 126 Å². The van der Waals surface area contributed by atoms with Crippen LogP contribution >= 0.6 is 0 Å². The van der Waals surface area contributed by atoms with Crippen LogP contribution < -0.4 is 10.6 Å². The third-order valence-corrected chi connectivity index (χ3v) is 3.85. The molecule has 4 nitrogen and oxygen atoms in total. The minimum absolute atomic E-state index is 0.00847. The van der Waals surface area contributed by atoms with E-state index in [2.05, 4.69) is 24.5 Å². The van der Waals surface area contributed by atoms with Gasteiger partial charge >= 0.3 is 0 Å². The zero-order chi connectivity index (χ0) is 15.4. The fraction of sp³-hybridized carbons (Fsp3) is 0.529. The molecule has 1 fully saturated rings. The maximum absolute atomic E-state index is 12.2. The van der Waals surface area contributed by atoms with E-state index < -0.39 is 0 Å². The first-order chi connectivity index (χ1) is 10.0. The molecule has 114 valence electrons. The van der Waals surface area contributed by atoms with E-state index in [1.807, 2.05) is 31.2 Å². The molecule has 0 aliphatic heterocycles. The number of rotatable bonds is 6. The Hall–Kier alpha value is -1.84. The van der Waals surface area contributed by atoms with Crippen molar-refractivity contribution in [2.24, 2.45) is 11.8 Å². The van der Waals surface area contributed by atoms with Crippen LogP contribution in [0.2, 0.25) is 0 Å². The molecule has 21 heavy (non-hydrogen) atoms. The highest BCUT2D eigenvalue weighted by Gasteiger charge is 2.47. The van der Waals surface area contributed by atoms with Crippen molar-refractivity contribution in [2.75, 3.05) is 11.9 Å². The Kier molecular flexibility index (Phi) is 4.99. The summed E-state index contributed by atoms with van der Waals surface area (Å²) in [4.78, 5) is 24.1. The average Bonchev–Trinajstić information content (AvgIpc) is 3.25. The van der Waals surface area contributed by atoms with Gasteiger partial charge in [0, 0.05) is 12.2 Å². The van der Waals surface area contributed by atoms with Gasteiger partial charge in [-0.3, -0.25) is 9.59 Å². The molecular weight excluding hydrogens is 264 g/mol. The Bertz CT molecular complexity index is 525. The van der Waals surface area contributed by atoms with Gasteiger partial charge in [-0.05, 0) is 30.4 Å². The molecule has 0 spiro atoms. The molecule has 2 atom stereocenters. The van der Waals surface area contributed by atoms with Crippen molar-refractivity contribution in [2.45, 2.75) is 39.5 Å². The van der Waals surface area contributed by atoms with Crippen molar-refractivity contribution in [1.29, 1.82) is 0 Å². The maximum Gasteiger partial charge on any atom is 0.228 e. The van der Waals surface area contributed by atoms with Crippen LogP contribution in [0.1, 0.15) is 45.1 Å². The Balaban J connectivity index is 1.93. The first kappa shape index (κ1) is 15.5. The van der Waals surface area contributed by atoms with E-state index in [0.717, 1.165) is 17.7 Å². The van der Waals surface area contributed by atoms with Crippen LogP contribution in [-0.2, 0) is 9.59 Å². The zero-order valence-corrected chi connectivity index (χ0v) is 13.0. The lowest BCUT2D eigenvalue weighted by molar-refractivity contribution is -0.125. The molecule has 4 heteroatoms. The van der Waals surface area contributed by atoms with Gasteiger partial charge in [0.05, 0.1) is 11.8 Å². The van der Waals surface area contributed by atoms with E-state index in [-0.39, 0.29) is 23.7 Å². The largest absolute Gasteiger partial charge is 0.356 e. The summed E-state index contributed by atoms with van der Waals surface area (Å²) >= 11 is 0. The standard InChI is InChI=1S/C17H24N2O2/c1-4-9-18-16(20)13-10-14(13)17(21)19-15-8-6-5-7-12(15)11(2)3/h5-8,11,13-14H,4,9-10H2,1-3H3,(H,18,20)(H,19,21). The van der Waals surface area contributed by atoms with Crippen molar-refractivity contribution in [3.63, 3.8) is 0 Å². The summed E-state index contributed by atoms with van der Waals surface area (Å²) in [5, 5.41) is 5.83. The number of benzene rings is 1. The number of carbonyl (C=O) groups is 2. The van der Waals surface area contributed by atoms with Crippen molar-refractivity contribution in [1.82, 2.24) is 5.32 Å². The molecule has 2 N–H and O–H groups in total. The molecule has 2 amide bonds. The van der Waals surface area contributed by atoms with Gasteiger partial charge in [-0.2, -0.15) is 0 Å². The van der Waals surface area contributed by atoms with Gasteiger partial charge in [0.1, 0.15) is 0 Å². The number of hydrogen-bond acceptors (Lipinski definition) is 2. The first-order valence-corrected chi connectivity index (χ1v) is 7.72. The molecule has 1 aliphatic carbocycles. The minimum Gasteiger partial charge on any atom is -0.356 e. The van der Waals surface area contributed by atoms with Crippen LogP contribution in [0.3, 0.4) is 0 Å². The molecule has 0 heterocycles. The summed E-state index contributed by atoms with van der Waals surface area (Å²) in [6, 6.07) is 7.84. The van der Waals surface area contributed by atoms with Gasteiger partial charge in [0.25, 0.3) is 0 Å². The molecular formula is C17H24N2O2. The van der Waals surface area contributed by atoms with Crippen LogP contribution in [0.25, 0.3) is 0 Å². The highest BCUT2D eigenvalue weighted by Crippen LogP contribution is 2.40. The second-order valence-corrected chi connectivity index (χ2v) is 5.97. The van der Waals surface area contributed by atoms with E-state index in [1.165, 1.54) is 0 Å². The minimum atomic E-state index is -0.179. The fourth-order valence-electron chi connectivity index (χ4n) is 2.49. The highest BCUT2D eigenvalue weighted by atomic mass is 16.2. The third-order valence-electron chi connectivity index (χ3n) is 3.85. The van der Waals surface area contributed by atoms with Crippen LogP contribution in [0, 0.1) is 11.8 Å². The van der Waals surface area contributed by atoms with Crippen LogP contribution in [0.4, 0.5) is 5.69 Å². The smallest absolute Gasteiger partial charge is 0.228 e. The van der Waals surface area contributed by atoms with Crippen molar-refractivity contribution in [3.05, 3.63) is 29.8 Å². The van der Waals surface area contributed by atoms with E-state index in [9.17, 15) is 9.59 Å². The summed E-state index contributed by atoms with van der Waals surface area (Å²) < 4.78 is 0. The van der Waals surface area contributed by atoms with Gasteiger partial charge < -0.3 is 10.6 Å². The molecule has 1 aromatic carbocycles. The predicted octanol–water partition coefficient (Wildman–Crippen LogP) is 2.91. The molecule has 1 aromatic rings. The van der Waals surface area contributed by atoms with Crippen LogP contribution in [-0.4, -0.2) is 18.4 Å². The Morgan fingerprint density at radius 2 is 1.86 bits per heavy atom. The number of para-hydroxylation sites is 1. The highest BCUT2D eigenvalue weighted by molar-refractivity contribution is 5.99. The number of hydrogen-bond donors (Lipinski definition) is 2. The topological polar surface area (TPSA) is 58.2 Å². The molecule has 1 saturated carbocycles. The molecule has 1 aliphatic rings. The van der Waals surface area contributed by atoms with Gasteiger partial charge in [0.2, 0.25) is 11.8 Å². The maximum atomic E-state index is 12.2. The lowest BCUT2D eigenvalue weighted by Gasteiger charge is -2.13. The lowest BCUT2D eigenvalue weighted by Crippen LogP contribution is -2.28. The molecule has 0 saturated heterocycles. The molecule has 0 aromatic heterocycles. The van der Waals surface area contributed by atoms with Crippen molar-refractivity contribution < 1.29 is 9.59 Å². The molecule has 2 rings (SSSR count). The van der Waals surface area contributed by atoms with Crippen molar-refractivity contribution in [3.8, 4) is 0 Å². The van der Waals surface area contributed by atoms with Crippen LogP contribution in [0.15, 0.2) is 24.3 Å². The second kappa shape index (κ2) is 6.74. The first-order valence-electron chi connectivity index (χ1n) is 7.72. The Morgan fingerprint density at radius 1 is 1.19 bits per heavy atom. The fourth-order valence-corrected chi connectivity index (χ4v) is 2.49. The SMILES string of the molecule is CCCNC(=O)C1CC1C(=O)Nc1ccccc1C(C)C. The monoisotopic (exact) mass is 288 g/mol. The van der Waals surface area contributed by atoms with E-state index in [4.69, 9.17) is 0 Å². The van der Waals surface area contributed by atoms with Crippen molar-refractivity contribution >= 4 is 17.5 Å². The van der Waals surface area contributed by atoms with Gasteiger partial charge in [0.15, 0.2) is 0 Å².